The third kappa shape index (κ3) is 4.97. The van der Waals surface area contributed by atoms with Crippen LogP contribution in [0, 0.1) is 0 Å². The zero-order valence-electron chi connectivity index (χ0n) is 11.9. The molecule has 19 heavy (non-hydrogen) atoms. The summed E-state index contributed by atoms with van der Waals surface area (Å²) in [4.78, 5) is 8.99. The van der Waals surface area contributed by atoms with Gasteiger partial charge in [-0.25, -0.2) is 0 Å². The summed E-state index contributed by atoms with van der Waals surface area (Å²) >= 11 is 0. The quantitative estimate of drug-likeness (QED) is 0.566. The van der Waals surface area contributed by atoms with E-state index in [1.165, 1.54) is 0 Å². The van der Waals surface area contributed by atoms with Crippen LogP contribution < -0.4 is 5.73 Å². The van der Waals surface area contributed by atoms with E-state index in [2.05, 4.69) is 21.7 Å². The summed E-state index contributed by atoms with van der Waals surface area (Å²) < 4.78 is 10.9. The second kappa shape index (κ2) is 7.67. The van der Waals surface area contributed by atoms with Crippen LogP contribution >= 0.6 is 0 Å². The minimum absolute atomic E-state index is 0.241. The summed E-state index contributed by atoms with van der Waals surface area (Å²) in [6.45, 7) is 10.0. The number of hydrogen-bond acceptors (Lipinski definition) is 4. The lowest BCUT2D eigenvalue weighted by atomic mass is 10.3. The van der Waals surface area contributed by atoms with E-state index in [4.69, 9.17) is 15.2 Å². The molecule has 0 aliphatic carbocycles. The van der Waals surface area contributed by atoms with Crippen molar-refractivity contribution >= 4 is 5.96 Å². The minimum atomic E-state index is 0.241. The second-order valence-corrected chi connectivity index (χ2v) is 5.17. The molecule has 0 saturated carbocycles. The largest absolute Gasteiger partial charge is 0.380 e. The third-order valence-electron chi connectivity index (χ3n) is 3.57. The first-order valence-electron chi connectivity index (χ1n) is 7.22. The minimum Gasteiger partial charge on any atom is -0.380 e. The van der Waals surface area contributed by atoms with E-state index in [0.29, 0.717) is 5.96 Å². The van der Waals surface area contributed by atoms with Crippen molar-refractivity contribution in [1.29, 1.82) is 0 Å². The predicted molar refractivity (Wildman–Crippen MR) is 75.4 cm³/mol. The molecule has 2 aliphatic heterocycles. The van der Waals surface area contributed by atoms with Gasteiger partial charge in [0, 0.05) is 39.3 Å². The van der Waals surface area contributed by atoms with E-state index in [0.717, 1.165) is 65.5 Å². The zero-order valence-corrected chi connectivity index (χ0v) is 11.9. The van der Waals surface area contributed by atoms with Crippen molar-refractivity contribution in [3.05, 3.63) is 0 Å². The highest BCUT2D eigenvalue weighted by Crippen LogP contribution is 2.04. The Balaban J connectivity index is 1.71. The van der Waals surface area contributed by atoms with Gasteiger partial charge in [-0.1, -0.05) is 0 Å². The zero-order chi connectivity index (χ0) is 13.5. The van der Waals surface area contributed by atoms with Crippen molar-refractivity contribution in [2.24, 2.45) is 10.7 Å². The first-order valence-corrected chi connectivity index (χ1v) is 7.22. The van der Waals surface area contributed by atoms with Gasteiger partial charge in [-0.2, -0.15) is 0 Å². The number of guanidine groups is 1. The summed E-state index contributed by atoms with van der Waals surface area (Å²) in [5.41, 5.74) is 6.03. The fourth-order valence-corrected chi connectivity index (χ4v) is 2.45. The van der Waals surface area contributed by atoms with E-state index in [-0.39, 0.29) is 6.10 Å². The molecule has 0 aromatic rings. The Morgan fingerprint density at radius 3 is 3.00 bits per heavy atom. The molecule has 0 aromatic carbocycles. The molecule has 6 nitrogen and oxygen atoms in total. The maximum Gasteiger partial charge on any atom is 0.191 e. The lowest BCUT2D eigenvalue weighted by Crippen LogP contribution is -2.48. The molecular formula is C13H26N4O2. The van der Waals surface area contributed by atoms with E-state index < -0.39 is 0 Å². The summed E-state index contributed by atoms with van der Waals surface area (Å²) in [5, 5.41) is 0. The fourth-order valence-electron chi connectivity index (χ4n) is 2.45. The lowest BCUT2D eigenvalue weighted by molar-refractivity contribution is 0.00528. The predicted octanol–water partition coefficient (Wildman–Crippen LogP) is -0.256. The lowest BCUT2D eigenvalue weighted by Gasteiger charge is -2.32. The van der Waals surface area contributed by atoms with Crippen molar-refractivity contribution in [2.75, 3.05) is 59.1 Å². The van der Waals surface area contributed by atoms with Crippen molar-refractivity contribution in [3.63, 3.8) is 0 Å². The summed E-state index contributed by atoms with van der Waals surface area (Å²) in [6, 6.07) is 0. The summed E-state index contributed by atoms with van der Waals surface area (Å²) in [6.07, 6.45) is 1.35. The van der Waals surface area contributed by atoms with E-state index in [1.54, 1.807) is 0 Å². The van der Waals surface area contributed by atoms with Gasteiger partial charge in [-0.05, 0) is 13.3 Å². The maximum atomic E-state index is 6.03. The molecule has 2 aliphatic rings. The molecule has 0 spiro atoms. The van der Waals surface area contributed by atoms with Crippen LogP contribution in [0.3, 0.4) is 0 Å². The molecule has 2 rings (SSSR count). The van der Waals surface area contributed by atoms with Crippen molar-refractivity contribution in [3.8, 4) is 0 Å². The molecule has 110 valence electrons. The first kappa shape index (κ1) is 14.6. The second-order valence-electron chi connectivity index (χ2n) is 5.17. The number of nitrogens with zero attached hydrogens (tertiary/aromatic N) is 3. The standard InChI is InChI=1S/C13H26N4O2/c1-12-11-17(7-10-19-12)13(14)15-3-5-16-4-2-8-18-9-6-16/h12H,2-11H2,1H3,(H2,14,15). The Morgan fingerprint density at radius 2 is 2.16 bits per heavy atom. The molecular weight excluding hydrogens is 244 g/mol. The molecule has 2 N–H and O–H groups in total. The Kier molecular flexibility index (Phi) is 5.88. The number of rotatable bonds is 3. The molecule has 1 unspecified atom stereocenters. The first-order chi connectivity index (χ1) is 9.25. The molecule has 1 atom stereocenters. The number of ether oxygens (including phenoxy) is 2. The molecule has 2 fully saturated rings. The van der Waals surface area contributed by atoms with Crippen LogP contribution in [0.25, 0.3) is 0 Å². The van der Waals surface area contributed by atoms with Crippen LogP contribution in [-0.2, 0) is 9.47 Å². The van der Waals surface area contributed by atoms with E-state index in [9.17, 15) is 0 Å². The smallest absolute Gasteiger partial charge is 0.191 e. The highest BCUT2D eigenvalue weighted by atomic mass is 16.5. The summed E-state index contributed by atoms with van der Waals surface area (Å²) in [5.74, 6) is 0.654. The molecule has 0 bridgehead atoms. The highest BCUT2D eigenvalue weighted by Gasteiger charge is 2.18. The van der Waals surface area contributed by atoms with Crippen molar-refractivity contribution in [2.45, 2.75) is 19.4 Å². The molecule has 0 aromatic heterocycles. The number of morpholine rings is 1. The number of nitrogens with two attached hydrogens (primary N) is 1. The monoisotopic (exact) mass is 270 g/mol. The van der Waals surface area contributed by atoms with Crippen LogP contribution in [0.5, 0.6) is 0 Å². The number of aliphatic imine (C=N–C) groups is 1. The Bertz CT molecular complexity index is 290. The molecule has 0 radical (unpaired) electrons. The summed E-state index contributed by atoms with van der Waals surface area (Å²) in [7, 11) is 0. The van der Waals surface area contributed by atoms with Gasteiger partial charge in [-0.3, -0.25) is 9.89 Å². The van der Waals surface area contributed by atoms with Gasteiger partial charge in [-0.15, -0.1) is 0 Å². The molecule has 6 heteroatoms. The normalized spacial score (nSPS) is 27.3. The Morgan fingerprint density at radius 1 is 1.26 bits per heavy atom. The van der Waals surface area contributed by atoms with Gasteiger partial charge in [0.25, 0.3) is 0 Å². The topological polar surface area (TPSA) is 63.3 Å². The highest BCUT2D eigenvalue weighted by molar-refractivity contribution is 5.78. The average Bonchev–Trinajstić information content (AvgIpc) is 2.67. The van der Waals surface area contributed by atoms with Crippen LogP contribution in [0.15, 0.2) is 4.99 Å². The maximum absolute atomic E-state index is 6.03. The van der Waals surface area contributed by atoms with Crippen molar-refractivity contribution < 1.29 is 9.47 Å². The van der Waals surface area contributed by atoms with Crippen LogP contribution in [0.1, 0.15) is 13.3 Å². The SMILES string of the molecule is CC1CN(C(N)=NCCN2CCCOCC2)CCO1. The molecule has 2 heterocycles. The van der Waals surface area contributed by atoms with Gasteiger partial charge >= 0.3 is 0 Å². The molecule has 0 amide bonds. The third-order valence-corrected chi connectivity index (χ3v) is 3.57. The van der Waals surface area contributed by atoms with Gasteiger partial charge in [0.05, 0.1) is 25.9 Å². The van der Waals surface area contributed by atoms with Gasteiger partial charge < -0.3 is 20.1 Å². The van der Waals surface area contributed by atoms with Crippen LogP contribution in [0.2, 0.25) is 0 Å². The Hall–Kier alpha value is -0.850. The molecule has 2 saturated heterocycles. The van der Waals surface area contributed by atoms with Crippen molar-refractivity contribution in [1.82, 2.24) is 9.80 Å². The number of hydrogen-bond donors (Lipinski definition) is 1. The van der Waals surface area contributed by atoms with Gasteiger partial charge in [0.2, 0.25) is 0 Å². The van der Waals surface area contributed by atoms with Crippen LogP contribution in [-0.4, -0.2) is 81.0 Å². The van der Waals surface area contributed by atoms with E-state index in [1.807, 2.05) is 0 Å². The van der Waals surface area contributed by atoms with Gasteiger partial charge in [0.1, 0.15) is 0 Å². The average molecular weight is 270 g/mol. The van der Waals surface area contributed by atoms with Gasteiger partial charge in [0.15, 0.2) is 5.96 Å². The Labute approximate surface area is 115 Å². The van der Waals surface area contributed by atoms with Crippen LogP contribution in [0.4, 0.5) is 0 Å². The fraction of sp³-hybridized carbons (Fsp3) is 0.923. The van der Waals surface area contributed by atoms with E-state index >= 15 is 0 Å².